The predicted octanol–water partition coefficient (Wildman–Crippen LogP) is 4.34. The molecule has 0 aromatic heterocycles. The summed E-state index contributed by atoms with van der Waals surface area (Å²) in [7, 11) is 1.44. The molecular weight excluding hydrogens is 444 g/mol. The fourth-order valence-electron chi connectivity index (χ4n) is 10.3. The lowest BCUT2D eigenvalue weighted by Gasteiger charge is -2.67. The zero-order valence-corrected chi connectivity index (χ0v) is 22.5. The Bertz CT molecular complexity index is 853. The molecule has 0 spiro atoms. The summed E-state index contributed by atoms with van der Waals surface area (Å²) in [5, 5.41) is 22.3. The van der Waals surface area contributed by atoms with E-state index in [4.69, 9.17) is 4.74 Å². The van der Waals surface area contributed by atoms with Crippen molar-refractivity contribution in [2.24, 2.45) is 51.8 Å². The van der Waals surface area contributed by atoms with Gasteiger partial charge in [0.25, 0.3) is 0 Å². The van der Waals surface area contributed by atoms with Crippen molar-refractivity contribution in [2.45, 2.75) is 105 Å². The van der Waals surface area contributed by atoms with Crippen molar-refractivity contribution in [3.63, 3.8) is 0 Å². The first-order valence-corrected chi connectivity index (χ1v) is 13.8. The summed E-state index contributed by atoms with van der Waals surface area (Å²) in [5.41, 5.74) is -1.66. The Morgan fingerprint density at radius 1 is 1.00 bits per heavy atom. The molecule has 4 saturated carbocycles. The average molecular weight is 491 g/mol. The molecule has 0 saturated heterocycles. The van der Waals surface area contributed by atoms with E-state index in [0.717, 1.165) is 32.1 Å². The molecule has 0 heterocycles. The Labute approximate surface area is 210 Å². The van der Waals surface area contributed by atoms with E-state index in [9.17, 15) is 24.6 Å². The van der Waals surface area contributed by atoms with Gasteiger partial charge in [0.15, 0.2) is 0 Å². The quantitative estimate of drug-likeness (QED) is 0.424. The number of fused-ring (bicyclic) bond motifs is 5. The molecule has 4 aliphatic rings. The Morgan fingerprint density at radius 2 is 1.66 bits per heavy atom. The molecule has 4 aliphatic carbocycles. The highest BCUT2D eigenvalue weighted by Gasteiger charge is 2.71. The number of hydrogen-bond acceptors (Lipinski definition) is 6. The third-order valence-electron chi connectivity index (χ3n) is 11.9. The first kappa shape index (κ1) is 26.8. The number of hydrogen-bond donors (Lipinski definition) is 2. The SMILES string of the molecule is COC(=O)CC[C@@H](C)[C@H]1CC[C@H]2[C@@H]3[C@H](O)CC4C[C@H](O)CC(C(C)=O)(C(C)=O)[C@]4(C)[C@H]3CC[C@]12C. The Hall–Kier alpha value is -1.27. The van der Waals surface area contributed by atoms with Crippen molar-refractivity contribution in [3.8, 4) is 0 Å². The molecule has 1 unspecified atom stereocenters. The summed E-state index contributed by atoms with van der Waals surface area (Å²) in [6.45, 7) is 9.84. The van der Waals surface area contributed by atoms with Gasteiger partial charge in [0.2, 0.25) is 0 Å². The van der Waals surface area contributed by atoms with Crippen LogP contribution >= 0.6 is 0 Å². The zero-order valence-electron chi connectivity index (χ0n) is 22.5. The van der Waals surface area contributed by atoms with Crippen LogP contribution in [0.15, 0.2) is 0 Å². The molecule has 0 radical (unpaired) electrons. The highest BCUT2D eigenvalue weighted by atomic mass is 16.5. The molecule has 4 fully saturated rings. The third kappa shape index (κ3) is 3.75. The van der Waals surface area contributed by atoms with Crippen LogP contribution in [0.25, 0.3) is 0 Å². The second-order valence-corrected chi connectivity index (χ2v) is 13.0. The number of methoxy groups -OCH3 is 1. The predicted molar refractivity (Wildman–Crippen MR) is 132 cm³/mol. The molecule has 2 N–H and O–H groups in total. The van der Waals surface area contributed by atoms with Gasteiger partial charge in [0, 0.05) is 6.42 Å². The number of rotatable bonds is 6. The second kappa shape index (κ2) is 9.24. The van der Waals surface area contributed by atoms with Crippen molar-refractivity contribution in [1.29, 1.82) is 0 Å². The molecule has 0 aromatic carbocycles. The molecule has 6 nitrogen and oxygen atoms in total. The van der Waals surface area contributed by atoms with E-state index in [2.05, 4.69) is 20.8 Å². The molecule has 0 amide bonds. The molecule has 6 heteroatoms. The van der Waals surface area contributed by atoms with E-state index < -0.39 is 23.0 Å². The zero-order chi connectivity index (χ0) is 25.9. The Kier molecular flexibility index (Phi) is 7.07. The van der Waals surface area contributed by atoms with Crippen LogP contribution in [0.3, 0.4) is 0 Å². The fourth-order valence-corrected chi connectivity index (χ4v) is 10.3. The first-order chi connectivity index (χ1) is 16.3. The van der Waals surface area contributed by atoms with Crippen LogP contribution in [-0.2, 0) is 19.1 Å². The van der Waals surface area contributed by atoms with Gasteiger partial charge < -0.3 is 14.9 Å². The lowest BCUT2D eigenvalue weighted by atomic mass is 9.36. The van der Waals surface area contributed by atoms with E-state index in [0.29, 0.717) is 37.0 Å². The van der Waals surface area contributed by atoms with Crippen molar-refractivity contribution >= 4 is 17.5 Å². The summed E-state index contributed by atoms with van der Waals surface area (Å²) in [6, 6.07) is 0. The van der Waals surface area contributed by atoms with Gasteiger partial charge in [-0.2, -0.15) is 0 Å². The molecule has 198 valence electrons. The lowest BCUT2D eigenvalue weighted by molar-refractivity contribution is -0.221. The maximum Gasteiger partial charge on any atom is 0.305 e. The third-order valence-corrected chi connectivity index (χ3v) is 11.9. The molecular formula is C29H46O6. The lowest BCUT2D eigenvalue weighted by Crippen LogP contribution is -2.68. The van der Waals surface area contributed by atoms with Crippen LogP contribution in [0.5, 0.6) is 0 Å². The van der Waals surface area contributed by atoms with Crippen molar-refractivity contribution in [3.05, 3.63) is 0 Å². The van der Waals surface area contributed by atoms with Gasteiger partial charge in [-0.05, 0) is 112 Å². The Morgan fingerprint density at radius 3 is 2.26 bits per heavy atom. The molecule has 0 bridgehead atoms. The maximum absolute atomic E-state index is 13.3. The number of aliphatic hydroxyl groups excluding tert-OH is 2. The number of ketones is 2. The van der Waals surface area contributed by atoms with E-state index >= 15 is 0 Å². The first-order valence-electron chi connectivity index (χ1n) is 13.8. The van der Waals surface area contributed by atoms with Crippen LogP contribution in [0.2, 0.25) is 0 Å². The maximum atomic E-state index is 13.3. The summed E-state index contributed by atoms with van der Waals surface area (Å²) >= 11 is 0. The van der Waals surface area contributed by atoms with Gasteiger partial charge in [0.1, 0.15) is 11.6 Å². The van der Waals surface area contributed by atoms with Gasteiger partial charge >= 0.3 is 5.97 Å². The number of aliphatic hydroxyl groups is 2. The minimum absolute atomic E-state index is 0.0455. The molecule has 4 rings (SSSR count). The van der Waals surface area contributed by atoms with Crippen LogP contribution in [0, 0.1) is 51.8 Å². The molecule has 10 atom stereocenters. The van der Waals surface area contributed by atoms with E-state index in [1.165, 1.54) is 21.0 Å². The van der Waals surface area contributed by atoms with Gasteiger partial charge in [0.05, 0.1) is 24.7 Å². The summed E-state index contributed by atoms with van der Waals surface area (Å²) in [6.07, 6.45) is 5.41. The number of ether oxygens (including phenoxy) is 1. The summed E-state index contributed by atoms with van der Waals surface area (Å²) < 4.78 is 4.86. The summed E-state index contributed by atoms with van der Waals surface area (Å²) in [4.78, 5) is 38.3. The van der Waals surface area contributed by atoms with Gasteiger partial charge in [-0.3, -0.25) is 14.4 Å². The number of esters is 1. The standard InChI is InChI=1S/C29H46O6/c1-16(7-10-25(34)35-6)21-8-9-22-26-23(11-12-27(21,22)4)28(5)19(14-24(26)33)13-20(32)15-29(28,17(2)30)18(3)31/h16,19-24,26,32-33H,7-15H2,1-6H3/t16-,19?,20+,21-,22+,23+,24-,26+,27-,28+/m1/s1. The number of carbonyl (C=O) groups excluding carboxylic acids is 3. The van der Waals surface area contributed by atoms with Gasteiger partial charge in [-0.15, -0.1) is 0 Å². The average Bonchev–Trinajstić information content (AvgIpc) is 3.14. The highest BCUT2D eigenvalue weighted by molar-refractivity contribution is 6.06. The normalized spacial score (nSPS) is 45.0. The van der Waals surface area contributed by atoms with E-state index in [1.54, 1.807) is 0 Å². The van der Waals surface area contributed by atoms with Crippen LogP contribution in [0.1, 0.15) is 92.4 Å². The van der Waals surface area contributed by atoms with Crippen LogP contribution < -0.4 is 0 Å². The van der Waals surface area contributed by atoms with Crippen molar-refractivity contribution < 1.29 is 29.3 Å². The molecule has 0 aliphatic heterocycles. The van der Waals surface area contributed by atoms with Gasteiger partial charge in [-0.1, -0.05) is 20.8 Å². The largest absolute Gasteiger partial charge is 0.469 e. The summed E-state index contributed by atoms with van der Waals surface area (Å²) in [5.74, 6) is 0.892. The second-order valence-electron chi connectivity index (χ2n) is 13.0. The fraction of sp³-hybridized carbons (Fsp3) is 0.897. The molecule has 0 aromatic rings. The minimum Gasteiger partial charge on any atom is -0.469 e. The van der Waals surface area contributed by atoms with Gasteiger partial charge in [-0.25, -0.2) is 0 Å². The van der Waals surface area contributed by atoms with E-state index in [-0.39, 0.29) is 47.1 Å². The van der Waals surface area contributed by atoms with Crippen LogP contribution in [-0.4, -0.2) is 47.1 Å². The monoisotopic (exact) mass is 490 g/mol. The highest BCUT2D eigenvalue weighted by Crippen LogP contribution is 2.71. The number of Topliss-reactive ketones (excluding diaryl/α,β-unsaturated/α-hetero) is 2. The van der Waals surface area contributed by atoms with Crippen LogP contribution in [0.4, 0.5) is 0 Å². The minimum atomic E-state index is -1.18. The smallest absolute Gasteiger partial charge is 0.305 e. The topological polar surface area (TPSA) is 101 Å². The molecule has 35 heavy (non-hydrogen) atoms. The Balaban J connectivity index is 1.69. The van der Waals surface area contributed by atoms with E-state index in [1.807, 2.05) is 0 Å². The van der Waals surface area contributed by atoms with Crippen molar-refractivity contribution in [1.82, 2.24) is 0 Å². The number of carbonyl (C=O) groups is 3. The van der Waals surface area contributed by atoms with Crippen molar-refractivity contribution in [2.75, 3.05) is 7.11 Å².